The second-order valence-corrected chi connectivity index (χ2v) is 5.50. The fraction of sp³-hybridized carbons (Fsp3) is 0.846. The Morgan fingerprint density at radius 2 is 2.05 bits per heavy atom. The van der Waals surface area contributed by atoms with Crippen molar-refractivity contribution in [2.75, 3.05) is 20.3 Å². The van der Waals surface area contributed by atoms with Crippen molar-refractivity contribution in [3.05, 3.63) is 11.7 Å². The maximum atomic E-state index is 6.06. The molecule has 0 aromatic carbocycles. The summed E-state index contributed by atoms with van der Waals surface area (Å²) in [5, 5.41) is 4.06. The first-order valence-corrected chi connectivity index (χ1v) is 6.80. The van der Waals surface area contributed by atoms with E-state index in [0.717, 1.165) is 19.3 Å². The molecule has 0 amide bonds. The van der Waals surface area contributed by atoms with Crippen molar-refractivity contribution in [1.82, 2.24) is 10.1 Å². The average molecular weight is 269 g/mol. The van der Waals surface area contributed by atoms with Gasteiger partial charge in [0.15, 0.2) is 0 Å². The van der Waals surface area contributed by atoms with Crippen LogP contribution in [0.25, 0.3) is 0 Å². The van der Waals surface area contributed by atoms with Gasteiger partial charge >= 0.3 is 0 Å². The molecule has 0 bridgehead atoms. The summed E-state index contributed by atoms with van der Waals surface area (Å²) in [6, 6.07) is -0.213. The molecule has 1 aromatic rings. The van der Waals surface area contributed by atoms with Crippen molar-refractivity contribution in [1.29, 1.82) is 0 Å². The summed E-state index contributed by atoms with van der Waals surface area (Å²) < 4.78 is 16.3. The molecule has 6 nitrogen and oxygen atoms in total. The summed E-state index contributed by atoms with van der Waals surface area (Å²) in [4.78, 5) is 4.45. The maximum absolute atomic E-state index is 6.06. The summed E-state index contributed by atoms with van der Waals surface area (Å²) in [5.41, 5.74) is 5.57. The summed E-state index contributed by atoms with van der Waals surface area (Å²) in [7, 11) is 1.68. The molecule has 2 heterocycles. The van der Waals surface area contributed by atoms with Gasteiger partial charge in [-0.2, -0.15) is 4.98 Å². The largest absolute Gasteiger partial charge is 0.381 e. The number of rotatable bonds is 5. The predicted octanol–water partition coefficient (Wildman–Crippen LogP) is 1.77. The van der Waals surface area contributed by atoms with Gasteiger partial charge in [0, 0.05) is 33.2 Å². The van der Waals surface area contributed by atoms with Crippen molar-refractivity contribution in [2.45, 2.75) is 44.8 Å². The predicted molar refractivity (Wildman–Crippen MR) is 69.4 cm³/mol. The van der Waals surface area contributed by atoms with Crippen LogP contribution in [0.3, 0.4) is 0 Å². The van der Waals surface area contributed by atoms with Crippen molar-refractivity contribution in [3.63, 3.8) is 0 Å². The fourth-order valence-electron chi connectivity index (χ4n) is 2.40. The molecule has 2 N–H and O–H groups in total. The minimum Gasteiger partial charge on any atom is -0.381 e. The minimum atomic E-state index is -0.489. The van der Waals surface area contributed by atoms with Gasteiger partial charge in [-0.3, -0.25) is 0 Å². The fourth-order valence-corrected chi connectivity index (χ4v) is 2.40. The van der Waals surface area contributed by atoms with E-state index in [1.807, 2.05) is 0 Å². The lowest BCUT2D eigenvalue weighted by molar-refractivity contribution is -0.101. The highest BCUT2D eigenvalue weighted by molar-refractivity contribution is 5.04. The van der Waals surface area contributed by atoms with Crippen LogP contribution in [0.5, 0.6) is 0 Å². The molecule has 2 rings (SSSR count). The molecule has 0 aliphatic carbocycles. The number of hydrogen-bond donors (Lipinski definition) is 1. The van der Waals surface area contributed by atoms with Gasteiger partial charge in [-0.1, -0.05) is 19.0 Å². The third-order valence-electron chi connectivity index (χ3n) is 3.58. The van der Waals surface area contributed by atoms with E-state index in [-0.39, 0.29) is 6.04 Å². The standard InChI is InChI=1S/C13H23N3O3/c1-9(2)8-10(14)11-15-12(16-19-11)13(17-3)4-6-18-7-5-13/h9-10H,4-8,14H2,1-3H3/t10-/m1/s1. The third-order valence-corrected chi connectivity index (χ3v) is 3.58. The van der Waals surface area contributed by atoms with Crippen LogP contribution < -0.4 is 5.73 Å². The van der Waals surface area contributed by atoms with Crippen LogP contribution in [0.15, 0.2) is 4.52 Å². The van der Waals surface area contributed by atoms with Crippen LogP contribution in [0.4, 0.5) is 0 Å². The van der Waals surface area contributed by atoms with Crippen molar-refractivity contribution < 1.29 is 14.0 Å². The number of nitrogens with two attached hydrogens (primary N) is 1. The van der Waals surface area contributed by atoms with E-state index < -0.39 is 5.60 Å². The van der Waals surface area contributed by atoms with Crippen molar-refractivity contribution in [3.8, 4) is 0 Å². The first-order chi connectivity index (χ1) is 9.07. The average Bonchev–Trinajstić information content (AvgIpc) is 2.89. The smallest absolute Gasteiger partial charge is 0.243 e. The summed E-state index contributed by atoms with van der Waals surface area (Å²) in [6.07, 6.45) is 2.30. The molecule has 0 saturated carbocycles. The number of aromatic nitrogens is 2. The van der Waals surface area contributed by atoms with Crippen LogP contribution >= 0.6 is 0 Å². The second kappa shape index (κ2) is 5.98. The van der Waals surface area contributed by atoms with Crippen LogP contribution in [0.2, 0.25) is 0 Å². The zero-order valence-corrected chi connectivity index (χ0v) is 11.9. The van der Waals surface area contributed by atoms with Gasteiger partial charge in [-0.05, 0) is 12.3 Å². The second-order valence-electron chi connectivity index (χ2n) is 5.50. The third kappa shape index (κ3) is 3.13. The summed E-state index contributed by atoms with van der Waals surface area (Å²) in [6.45, 7) is 5.53. The van der Waals surface area contributed by atoms with E-state index in [4.69, 9.17) is 19.7 Å². The number of ether oxygens (including phenoxy) is 2. The van der Waals surface area contributed by atoms with Crippen LogP contribution in [-0.2, 0) is 15.1 Å². The van der Waals surface area contributed by atoms with E-state index in [2.05, 4.69) is 24.0 Å². The normalized spacial score (nSPS) is 20.7. The molecule has 19 heavy (non-hydrogen) atoms. The topological polar surface area (TPSA) is 83.4 Å². The molecule has 0 unspecified atom stereocenters. The maximum Gasteiger partial charge on any atom is 0.243 e. The molecule has 1 aromatic heterocycles. The van der Waals surface area contributed by atoms with Gasteiger partial charge in [-0.25, -0.2) is 0 Å². The first-order valence-electron chi connectivity index (χ1n) is 6.80. The summed E-state index contributed by atoms with van der Waals surface area (Å²) >= 11 is 0. The molecular weight excluding hydrogens is 246 g/mol. The monoisotopic (exact) mass is 269 g/mol. The lowest BCUT2D eigenvalue weighted by Crippen LogP contribution is -2.36. The SMILES string of the molecule is COC1(c2noc([C@H](N)CC(C)C)n2)CCOCC1. The Labute approximate surface area is 113 Å². The first kappa shape index (κ1) is 14.4. The molecule has 1 fully saturated rings. The Morgan fingerprint density at radius 1 is 1.37 bits per heavy atom. The highest BCUT2D eigenvalue weighted by atomic mass is 16.5. The minimum absolute atomic E-state index is 0.213. The zero-order valence-electron chi connectivity index (χ0n) is 11.9. The van der Waals surface area contributed by atoms with Gasteiger partial charge < -0.3 is 19.7 Å². The van der Waals surface area contributed by atoms with E-state index >= 15 is 0 Å². The highest BCUT2D eigenvalue weighted by Crippen LogP contribution is 2.34. The number of nitrogens with zero attached hydrogens (tertiary/aromatic N) is 2. The van der Waals surface area contributed by atoms with E-state index in [1.54, 1.807) is 7.11 Å². The molecule has 0 spiro atoms. The molecule has 0 radical (unpaired) electrons. The zero-order chi connectivity index (χ0) is 13.9. The van der Waals surface area contributed by atoms with E-state index in [1.165, 1.54) is 0 Å². The lowest BCUT2D eigenvalue weighted by atomic mass is 9.93. The quantitative estimate of drug-likeness (QED) is 0.877. The van der Waals surface area contributed by atoms with E-state index in [9.17, 15) is 0 Å². The molecule has 108 valence electrons. The van der Waals surface area contributed by atoms with Crippen molar-refractivity contribution >= 4 is 0 Å². The molecular formula is C13H23N3O3. The number of hydrogen-bond acceptors (Lipinski definition) is 6. The Bertz CT molecular complexity index is 400. The Hall–Kier alpha value is -0.980. The molecule has 1 aliphatic heterocycles. The lowest BCUT2D eigenvalue weighted by Gasteiger charge is -2.32. The van der Waals surface area contributed by atoms with Gasteiger partial charge in [0.2, 0.25) is 11.7 Å². The van der Waals surface area contributed by atoms with Gasteiger partial charge in [0.25, 0.3) is 0 Å². The molecule has 6 heteroatoms. The van der Waals surface area contributed by atoms with Crippen LogP contribution in [-0.4, -0.2) is 30.5 Å². The van der Waals surface area contributed by atoms with Crippen LogP contribution in [0, 0.1) is 5.92 Å². The van der Waals surface area contributed by atoms with Crippen molar-refractivity contribution in [2.24, 2.45) is 11.7 Å². The van der Waals surface area contributed by atoms with Gasteiger partial charge in [0.1, 0.15) is 5.60 Å². The Kier molecular flexibility index (Phi) is 4.54. The highest BCUT2D eigenvalue weighted by Gasteiger charge is 2.39. The van der Waals surface area contributed by atoms with E-state index in [0.29, 0.717) is 30.8 Å². The molecule has 1 atom stereocenters. The Morgan fingerprint density at radius 3 is 2.63 bits per heavy atom. The summed E-state index contributed by atoms with van der Waals surface area (Å²) in [5.74, 6) is 1.57. The molecule has 1 saturated heterocycles. The van der Waals surface area contributed by atoms with Gasteiger partial charge in [-0.15, -0.1) is 0 Å². The molecule has 1 aliphatic rings. The number of methoxy groups -OCH3 is 1. The van der Waals surface area contributed by atoms with Gasteiger partial charge in [0.05, 0.1) is 6.04 Å². The van der Waals surface area contributed by atoms with Crippen LogP contribution in [0.1, 0.15) is 50.9 Å². The Balaban J connectivity index is 2.14.